The van der Waals surface area contributed by atoms with E-state index in [9.17, 15) is 4.39 Å². The van der Waals surface area contributed by atoms with Gasteiger partial charge in [0.2, 0.25) is 5.82 Å². The van der Waals surface area contributed by atoms with E-state index in [1.54, 1.807) is 6.07 Å². The van der Waals surface area contributed by atoms with E-state index in [1.807, 2.05) is 12.1 Å². The molecular formula is C15H18FNO2. The van der Waals surface area contributed by atoms with Crippen molar-refractivity contribution < 1.29 is 13.9 Å². The minimum absolute atomic E-state index is 0.0317. The number of rotatable bonds is 2. The summed E-state index contributed by atoms with van der Waals surface area (Å²) in [7, 11) is 1.46. The standard InChI is InChI=1S/C15H18FNO2/c1-4-9-7-12-14(17-8(9)2)10-5-6-11(18-3)13(16)15(10)19-12/h4-6,8-9,12,14,17H,1,7H2,2-3H3/t8?,9-,12+,14+/m1/s1. The first-order valence-electron chi connectivity index (χ1n) is 6.57. The summed E-state index contributed by atoms with van der Waals surface area (Å²) in [5.74, 6) is 0.504. The Morgan fingerprint density at radius 3 is 3.00 bits per heavy atom. The molecule has 3 nitrogen and oxygen atoms in total. The fourth-order valence-electron chi connectivity index (χ4n) is 3.06. The van der Waals surface area contributed by atoms with Gasteiger partial charge < -0.3 is 14.8 Å². The lowest BCUT2D eigenvalue weighted by molar-refractivity contribution is 0.111. The Balaban J connectivity index is 1.96. The van der Waals surface area contributed by atoms with Crippen molar-refractivity contribution in [3.8, 4) is 11.5 Å². The van der Waals surface area contributed by atoms with Gasteiger partial charge in [-0.15, -0.1) is 6.58 Å². The van der Waals surface area contributed by atoms with Crippen molar-refractivity contribution in [2.45, 2.75) is 31.5 Å². The molecule has 4 atom stereocenters. The third kappa shape index (κ3) is 1.82. The summed E-state index contributed by atoms with van der Waals surface area (Å²) in [5.41, 5.74) is 0.887. The van der Waals surface area contributed by atoms with Crippen LogP contribution in [0.25, 0.3) is 0 Å². The lowest BCUT2D eigenvalue weighted by Crippen LogP contribution is -2.47. The molecule has 0 amide bonds. The van der Waals surface area contributed by atoms with Gasteiger partial charge in [0.05, 0.1) is 13.2 Å². The van der Waals surface area contributed by atoms with Crippen LogP contribution in [0.4, 0.5) is 4.39 Å². The van der Waals surface area contributed by atoms with Gasteiger partial charge in [-0.1, -0.05) is 6.08 Å². The molecule has 0 aromatic heterocycles. The highest BCUT2D eigenvalue weighted by Gasteiger charge is 2.43. The molecule has 1 fully saturated rings. The van der Waals surface area contributed by atoms with Gasteiger partial charge in [0.25, 0.3) is 0 Å². The van der Waals surface area contributed by atoms with Crippen LogP contribution in [0.2, 0.25) is 0 Å². The number of benzene rings is 1. The maximum atomic E-state index is 14.2. The van der Waals surface area contributed by atoms with Crippen LogP contribution < -0.4 is 14.8 Å². The first-order chi connectivity index (χ1) is 9.15. The summed E-state index contributed by atoms with van der Waals surface area (Å²) in [6, 6.07) is 3.92. The number of methoxy groups -OCH3 is 1. The van der Waals surface area contributed by atoms with Gasteiger partial charge in [-0.05, 0) is 31.4 Å². The van der Waals surface area contributed by atoms with Gasteiger partial charge in [-0.3, -0.25) is 0 Å². The van der Waals surface area contributed by atoms with Gasteiger partial charge in [0.15, 0.2) is 11.5 Å². The predicted octanol–water partition coefficient (Wildman–Crippen LogP) is 2.82. The fourth-order valence-corrected chi connectivity index (χ4v) is 3.06. The molecule has 2 aliphatic rings. The smallest absolute Gasteiger partial charge is 0.207 e. The molecule has 0 aliphatic carbocycles. The molecule has 1 aromatic carbocycles. The van der Waals surface area contributed by atoms with Gasteiger partial charge in [-0.25, -0.2) is 0 Å². The Bertz CT molecular complexity index is 517. The molecule has 4 heteroatoms. The van der Waals surface area contributed by atoms with Crippen LogP contribution in [0.1, 0.15) is 24.9 Å². The lowest BCUT2D eigenvalue weighted by atomic mass is 9.85. The van der Waals surface area contributed by atoms with Crippen LogP contribution in [0.5, 0.6) is 11.5 Å². The average Bonchev–Trinajstić information content (AvgIpc) is 2.77. The van der Waals surface area contributed by atoms with Crippen molar-refractivity contribution in [3.63, 3.8) is 0 Å². The number of ether oxygens (including phenoxy) is 2. The summed E-state index contributed by atoms with van der Waals surface area (Å²) >= 11 is 0. The van der Waals surface area contributed by atoms with Gasteiger partial charge in [0.1, 0.15) is 6.10 Å². The molecule has 1 unspecified atom stereocenters. The Morgan fingerprint density at radius 2 is 2.32 bits per heavy atom. The fraction of sp³-hybridized carbons (Fsp3) is 0.467. The minimum atomic E-state index is -0.404. The molecule has 0 radical (unpaired) electrons. The predicted molar refractivity (Wildman–Crippen MR) is 71.0 cm³/mol. The lowest BCUT2D eigenvalue weighted by Gasteiger charge is -2.35. The van der Waals surface area contributed by atoms with E-state index in [4.69, 9.17) is 9.47 Å². The SMILES string of the molecule is C=C[C@@H]1C[C@@H]2Oc3c(ccc(OC)c3F)[C@@H]2NC1C. The van der Waals surface area contributed by atoms with Crippen molar-refractivity contribution >= 4 is 0 Å². The van der Waals surface area contributed by atoms with E-state index in [1.165, 1.54) is 7.11 Å². The van der Waals surface area contributed by atoms with Crippen LogP contribution in [-0.2, 0) is 0 Å². The zero-order chi connectivity index (χ0) is 13.6. The molecule has 2 heterocycles. The second kappa shape index (κ2) is 4.53. The molecule has 0 saturated carbocycles. The number of fused-ring (bicyclic) bond motifs is 3. The third-order valence-electron chi connectivity index (χ3n) is 4.18. The normalized spacial score (nSPS) is 32.2. The first-order valence-corrected chi connectivity index (χ1v) is 6.57. The van der Waals surface area contributed by atoms with E-state index in [0.717, 1.165) is 12.0 Å². The van der Waals surface area contributed by atoms with E-state index < -0.39 is 5.82 Å². The van der Waals surface area contributed by atoms with E-state index in [2.05, 4.69) is 18.8 Å². The monoisotopic (exact) mass is 263 g/mol. The quantitative estimate of drug-likeness (QED) is 0.832. The highest BCUT2D eigenvalue weighted by atomic mass is 19.1. The summed E-state index contributed by atoms with van der Waals surface area (Å²) in [4.78, 5) is 0. The van der Waals surface area contributed by atoms with Crippen molar-refractivity contribution in [2.75, 3.05) is 7.11 Å². The minimum Gasteiger partial charge on any atom is -0.494 e. The number of hydrogen-bond donors (Lipinski definition) is 1. The van der Waals surface area contributed by atoms with Crippen molar-refractivity contribution in [2.24, 2.45) is 5.92 Å². The van der Waals surface area contributed by atoms with Crippen molar-refractivity contribution in [1.29, 1.82) is 0 Å². The number of halogens is 1. The zero-order valence-electron chi connectivity index (χ0n) is 11.2. The summed E-state index contributed by atoms with van der Waals surface area (Å²) in [6.45, 7) is 5.98. The van der Waals surface area contributed by atoms with E-state index in [0.29, 0.717) is 17.7 Å². The highest BCUT2D eigenvalue weighted by molar-refractivity contribution is 5.48. The second-order valence-electron chi connectivity index (χ2n) is 5.22. The Kier molecular flexibility index (Phi) is 2.97. The highest BCUT2D eigenvalue weighted by Crippen LogP contribution is 2.45. The maximum Gasteiger partial charge on any atom is 0.207 e. The van der Waals surface area contributed by atoms with E-state index in [-0.39, 0.29) is 17.9 Å². The maximum absolute atomic E-state index is 14.2. The van der Waals surface area contributed by atoms with Crippen molar-refractivity contribution in [1.82, 2.24) is 5.32 Å². The van der Waals surface area contributed by atoms with Crippen LogP contribution >= 0.6 is 0 Å². The summed E-state index contributed by atoms with van der Waals surface area (Å²) in [5, 5.41) is 3.50. The van der Waals surface area contributed by atoms with Crippen LogP contribution in [-0.4, -0.2) is 19.3 Å². The van der Waals surface area contributed by atoms with Crippen LogP contribution in [0, 0.1) is 11.7 Å². The number of nitrogens with one attached hydrogen (secondary N) is 1. The second-order valence-corrected chi connectivity index (χ2v) is 5.22. The molecular weight excluding hydrogens is 245 g/mol. The average molecular weight is 263 g/mol. The summed E-state index contributed by atoms with van der Waals surface area (Å²) < 4.78 is 25.0. The molecule has 0 bridgehead atoms. The third-order valence-corrected chi connectivity index (χ3v) is 4.18. The van der Waals surface area contributed by atoms with Crippen molar-refractivity contribution in [3.05, 3.63) is 36.2 Å². The molecule has 0 spiro atoms. The Labute approximate surface area is 112 Å². The Hall–Kier alpha value is -1.55. The van der Waals surface area contributed by atoms with Crippen LogP contribution in [0.3, 0.4) is 0 Å². The molecule has 1 N–H and O–H groups in total. The topological polar surface area (TPSA) is 30.5 Å². The molecule has 2 aliphatic heterocycles. The molecule has 3 rings (SSSR count). The number of piperidine rings is 1. The molecule has 102 valence electrons. The molecule has 1 aromatic rings. The zero-order valence-corrected chi connectivity index (χ0v) is 11.2. The number of hydrogen-bond acceptors (Lipinski definition) is 3. The van der Waals surface area contributed by atoms with Crippen LogP contribution in [0.15, 0.2) is 24.8 Å². The van der Waals surface area contributed by atoms with Gasteiger partial charge >= 0.3 is 0 Å². The molecule has 19 heavy (non-hydrogen) atoms. The van der Waals surface area contributed by atoms with E-state index >= 15 is 0 Å². The summed E-state index contributed by atoms with van der Waals surface area (Å²) in [6.07, 6.45) is 2.77. The van der Waals surface area contributed by atoms with Gasteiger partial charge in [-0.2, -0.15) is 4.39 Å². The largest absolute Gasteiger partial charge is 0.494 e. The van der Waals surface area contributed by atoms with Gasteiger partial charge in [0, 0.05) is 11.6 Å². The first kappa shape index (κ1) is 12.5. The Morgan fingerprint density at radius 1 is 1.53 bits per heavy atom. The molecule has 1 saturated heterocycles.